The summed E-state index contributed by atoms with van der Waals surface area (Å²) in [5.74, 6) is 0.361. The van der Waals surface area contributed by atoms with Crippen molar-refractivity contribution in [2.75, 3.05) is 18.4 Å². The molecular weight excluding hydrogens is 303 g/mol. The molecule has 0 spiro atoms. The average molecular weight is 315 g/mol. The van der Waals surface area contributed by atoms with Crippen LogP contribution >= 0.6 is 23.2 Å². The summed E-state index contributed by atoms with van der Waals surface area (Å²) >= 11 is 11.9. The van der Waals surface area contributed by atoms with E-state index >= 15 is 0 Å². The Bertz CT molecular complexity index is 555. The van der Waals surface area contributed by atoms with E-state index in [0.29, 0.717) is 34.5 Å². The Morgan fingerprint density at radius 3 is 2.70 bits per heavy atom. The van der Waals surface area contributed by atoms with E-state index in [1.807, 2.05) is 0 Å². The van der Waals surface area contributed by atoms with Gasteiger partial charge in [-0.05, 0) is 12.1 Å². The molecule has 6 nitrogen and oxygen atoms in total. The van der Waals surface area contributed by atoms with Crippen molar-refractivity contribution in [3.63, 3.8) is 0 Å². The highest BCUT2D eigenvalue weighted by atomic mass is 35.5. The molecule has 0 aliphatic carbocycles. The van der Waals surface area contributed by atoms with Gasteiger partial charge in [-0.25, -0.2) is 0 Å². The first-order valence-electron chi connectivity index (χ1n) is 5.86. The highest BCUT2D eigenvalue weighted by molar-refractivity contribution is 6.39. The van der Waals surface area contributed by atoms with Gasteiger partial charge in [0.25, 0.3) is 0 Å². The number of carbonyl (C=O) groups is 1. The summed E-state index contributed by atoms with van der Waals surface area (Å²) in [6, 6.07) is 5.03. The van der Waals surface area contributed by atoms with Gasteiger partial charge in [-0.1, -0.05) is 34.4 Å². The van der Waals surface area contributed by atoms with Gasteiger partial charge in [-0.15, -0.1) is 0 Å². The molecule has 2 N–H and O–H groups in total. The highest BCUT2D eigenvalue weighted by Crippen LogP contribution is 2.29. The van der Waals surface area contributed by atoms with Crippen LogP contribution in [-0.2, 0) is 11.2 Å². The number of benzene rings is 1. The van der Waals surface area contributed by atoms with Crippen LogP contribution in [0.25, 0.3) is 0 Å². The van der Waals surface area contributed by atoms with Crippen LogP contribution in [-0.4, -0.2) is 29.1 Å². The molecule has 2 rings (SSSR count). The fourth-order valence-corrected chi connectivity index (χ4v) is 2.00. The van der Waals surface area contributed by atoms with Crippen molar-refractivity contribution < 1.29 is 9.32 Å². The number of rotatable bonds is 6. The van der Waals surface area contributed by atoms with Gasteiger partial charge in [0.05, 0.1) is 22.3 Å². The first-order chi connectivity index (χ1) is 9.66. The van der Waals surface area contributed by atoms with Crippen molar-refractivity contribution in [3.05, 3.63) is 40.5 Å². The third kappa shape index (κ3) is 4.19. The van der Waals surface area contributed by atoms with Gasteiger partial charge in [-0.3, -0.25) is 4.79 Å². The third-order valence-corrected chi connectivity index (χ3v) is 3.08. The van der Waals surface area contributed by atoms with Gasteiger partial charge in [0.15, 0.2) is 5.82 Å². The van der Waals surface area contributed by atoms with E-state index in [9.17, 15) is 4.79 Å². The quantitative estimate of drug-likeness (QED) is 0.799. The molecule has 8 heteroatoms. The maximum absolute atomic E-state index is 11.7. The molecule has 0 unspecified atom stereocenters. The van der Waals surface area contributed by atoms with Crippen molar-refractivity contribution in [1.29, 1.82) is 0 Å². The minimum Gasteiger partial charge on any atom is -0.343 e. The molecule has 0 atom stereocenters. The van der Waals surface area contributed by atoms with Crippen molar-refractivity contribution >= 4 is 34.8 Å². The van der Waals surface area contributed by atoms with Crippen LogP contribution in [0, 0.1) is 0 Å². The predicted octanol–water partition coefficient (Wildman–Crippen LogP) is 2.15. The standard InChI is InChI=1S/C12H12Cl2N4O2/c13-8-2-1-3-9(14)12(8)17-11(19)6-15-5-4-10-16-7-20-18-10/h1-3,7,15H,4-6H2,(H,17,19). The lowest BCUT2D eigenvalue weighted by Crippen LogP contribution is -2.29. The zero-order valence-electron chi connectivity index (χ0n) is 10.4. The highest BCUT2D eigenvalue weighted by Gasteiger charge is 2.09. The number of hydrogen-bond donors (Lipinski definition) is 2. The Kier molecular flexibility index (Phi) is 5.34. The van der Waals surface area contributed by atoms with Crippen LogP contribution in [0.15, 0.2) is 29.1 Å². The summed E-state index contributed by atoms with van der Waals surface area (Å²) in [6.07, 6.45) is 1.85. The molecule has 2 aromatic rings. The van der Waals surface area contributed by atoms with Crippen molar-refractivity contribution in [1.82, 2.24) is 15.5 Å². The molecule has 0 bridgehead atoms. The van der Waals surface area contributed by atoms with E-state index in [1.54, 1.807) is 18.2 Å². The number of para-hydroxylation sites is 1. The molecular formula is C12H12Cl2N4O2. The van der Waals surface area contributed by atoms with E-state index in [0.717, 1.165) is 0 Å². The number of anilines is 1. The monoisotopic (exact) mass is 314 g/mol. The SMILES string of the molecule is O=C(CNCCc1ncon1)Nc1c(Cl)cccc1Cl. The fourth-order valence-electron chi connectivity index (χ4n) is 1.51. The maximum Gasteiger partial charge on any atom is 0.238 e. The van der Waals surface area contributed by atoms with Crippen LogP contribution in [0.2, 0.25) is 10.0 Å². The molecule has 0 saturated carbocycles. The van der Waals surface area contributed by atoms with Gasteiger partial charge in [0.1, 0.15) is 0 Å². The van der Waals surface area contributed by atoms with E-state index in [1.165, 1.54) is 6.39 Å². The summed E-state index contributed by atoms with van der Waals surface area (Å²) in [5, 5.41) is 10.1. The Morgan fingerprint density at radius 2 is 2.05 bits per heavy atom. The van der Waals surface area contributed by atoms with Crippen LogP contribution in [0.1, 0.15) is 5.82 Å². The second-order valence-corrected chi connectivity index (χ2v) is 4.73. The van der Waals surface area contributed by atoms with Gasteiger partial charge in [-0.2, -0.15) is 4.98 Å². The summed E-state index contributed by atoms with van der Waals surface area (Å²) in [7, 11) is 0. The van der Waals surface area contributed by atoms with E-state index < -0.39 is 0 Å². The molecule has 0 aliphatic rings. The lowest BCUT2D eigenvalue weighted by molar-refractivity contribution is -0.115. The van der Waals surface area contributed by atoms with Gasteiger partial charge in [0.2, 0.25) is 12.3 Å². The molecule has 1 heterocycles. The molecule has 106 valence electrons. The van der Waals surface area contributed by atoms with E-state index in [-0.39, 0.29) is 12.5 Å². The number of aromatic nitrogens is 2. The Hall–Kier alpha value is -1.63. The van der Waals surface area contributed by atoms with Gasteiger partial charge in [0, 0.05) is 13.0 Å². The topological polar surface area (TPSA) is 80.1 Å². The normalized spacial score (nSPS) is 10.5. The second kappa shape index (κ2) is 7.23. The zero-order chi connectivity index (χ0) is 14.4. The molecule has 0 saturated heterocycles. The molecule has 0 radical (unpaired) electrons. The molecule has 0 fully saturated rings. The lowest BCUT2D eigenvalue weighted by atomic mass is 10.3. The molecule has 1 aromatic carbocycles. The first kappa shape index (κ1) is 14.8. The summed E-state index contributed by atoms with van der Waals surface area (Å²) < 4.78 is 4.60. The van der Waals surface area contributed by atoms with Crippen LogP contribution in [0.4, 0.5) is 5.69 Å². The minimum atomic E-state index is -0.229. The lowest BCUT2D eigenvalue weighted by Gasteiger charge is -2.09. The van der Waals surface area contributed by atoms with Crippen molar-refractivity contribution in [3.8, 4) is 0 Å². The van der Waals surface area contributed by atoms with Gasteiger partial charge >= 0.3 is 0 Å². The summed E-state index contributed by atoms with van der Waals surface area (Å²) in [5.41, 5.74) is 0.417. The van der Waals surface area contributed by atoms with Crippen LogP contribution in [0.5, 0.6) is 0 Å². The third-order valence-electron chi connectivity index (χ3n) is 2.45. The van der Waals surface area contributed by atoms with Gasteiger partial charge < -0.3 is 15.2 Å². The molecule has 1 amide bonds. The maximum atomic E-state index is 11.7. The van der Waals surface area contributed by atoms with E-state index in [4.69, 9.17) is 23.2 Å². The number of halogens is 2. The Morgan fingerprint density at radius 1 is 1.30 bits per heavy atom. The molecule has 20 heavy (non-hydrogen) atoms. The van der Waals surface area contributed by atoms with E-state index in [2.05, 4.69) is 25.3 Å². The zero-order valence-corrected chi connectivity index (χ0v) is 11.9. The first-order valence-corrected chi connectivity index (χ1v) is 6.62. The van der Waals surface area contributed by atoms with Crippen molar-refractivity contribution in [2.45, 2.75) is 6.42 Å². The number of nitrogens with zero attached hydrogens (tertiary/aromatic N) is 2. The second-order valence-electron chi connectivity index (χ2n) is 3.92. The Labute approximate surface area is 125 Å². The fraction of sp³-hybridized carbons (Fsp3) is 0.250. The minimum absolute atomic E-state index is 0.138. The largest absolute Gasteiger partial charge is 0.343 e. The average Bonchev–Trinajstić information content (AvgIpc) is 2.92. The van der Waals surface area contributed by atoms with Crippen molar-refractivity contribution in [2.24, 2.45) is 0 Å². The number of amides is 1. The number of hydrogen-bond acceptors (Lipinski definition) is 5. The molecule has 0 aliphatic heterocycles. The summed E-state index contributed by atoms with van der Waals surface area (Å²) in [6.45, 7) is 0.697. The number of nitrogens with one attached hydrogen (secondary N) is 2. The smallest absolute Gasteiger partial charge is 0.238 e. The predicted molar refractivity (Wildman–Crippen MR) is 76.0 cm³/mol. The number of carbonyl (C=O) groups excluding carboxylic acids is 1. The molecule has 1 aromatic heterocycles. The summed E-state index contributed by atoms with van der Waals surface area (Å²) in [4.78, 5) is 15.6. The Balaban J connectivity index is 1.75. The van der Waals surface area contributed by atoms with Crippen LogP contribution in [0.3, 0.4) is 0 Å². The van der Waals surface area contributed by atoms with Crippen LogP contribution < -0.4 is 10.6 Å².